The van der Waals surface area contributed by atoms with Crippen molar-refractivity contribution < 1.29 is 0 Å². The Kier molecular flexibility index (Phi) is 6.18. The van der Waals surface area contributed by atoms with Crippen LogP contribution in [-0.2, 0) is 0 Å². The number of hydrogen-bond acceptors (Lipinski definition) is 4. The van der Waals surface area contributed by atoms with Gasteiger partial charge in [0.2, 0.25) is 0 Å². The minimum absolute atomic E-state index is 0.649. The molecule has 11 aromatic rings. The molecule has 4 nitrogen and oxygen atoms in total. The molecule has 1 aliphatic rings. The average Bonchev–Trinajstić information content (AvgIpc) is 3.89. The van der Waals surface area contributed by atoms with Gasteiger partial charge in [-0.1, -0.05) is 121 Å². The standard InChI is InChI=1S/C49H28N4S/c1-3-13-30(14-4-1)47-50-48(31-25-26-40-37(27-31)33-19-7-9-23-39(33)53(40)32-17-5-2-6-18-32)52-49(51-47)46-44-36-22-12-16-29-15-11-21-34(43(29)36)38(44)28-42-45(46)35-20-8-10-24-41(35)54-42/h1-28H. The fourth-order valence-electron chi connectivity index (χ4n) is 8.68. The van der Waals surface area contributed by atoms with E-state index in [4.69, 9.17) is 15.0 Å². The lowest BCUT2D eigenvalue weighted by atomic mass is 9.93. The summed E-state index contributed by atoms with van der Waals surface area (Å²) in [5.74, 6) is 1.98. The topological polar surface area (TPSA) is 43.6 Å². The zero-order valence-corrected chi connectivity index (χ0v) is 29.7. The van der Waals surface area contributed by atoms with E-state index >= 15 is 0 Å². The fraction of sp³-hybridized carbons (Fsp3) is 0. The molecule has 0 N–H and O–H groups in total. The van der Waals surface area contributed by atoms with Crippen LogP contribution in [0.25, 0.3) is 115 Å². The summed E-state index contributed by atoms with van der Waals surface area (Å²) < 4.78 is 4.82. The molecule has 12 rings (SSSR count). The molecule has 0 saturated heterocycles. The van der Waals surface area contributed by atoms with E-state index in [0.29, 0.717) is 17.5 Å². The molecule has 0 amide bonds. The number of fused-ring (bicyclic) bond motifs is 9. The predicted molar refractivity (Wildman–Crippen MR) is 225 cm³/mol. The Morgan fingerprint density at radius 1 is 0.389 bits per heavy atom. The van der Waals surface area contributed by atoms with Crippen molar-refractivity contribution in [1.82, 2.24) is 19.5 Å². The number of para-hydroxylation sites is 2. The summed E-state index contributed by atoms with van der Waals surface area (Å²) in [6.07, 6.45) is 0. The molecule has 250 valence electrons. The second kappa shape index (κ2) is 11.3. The maximum absolute atomic E-state index is 5.47. The molecule has 0 spiro atoms. The van der Waals surface area contributed by atoms with Crippen LogP contribution in [0.15, 0.2) is 170 Å². The highest BCUT2D eigenvalue weighted by molar-refractivity contribution is 7.26. The molecule has 0 fully saturated rings. The molecule has 1 aliphatic carbocycles. The van der Waals surface area contributed by atoms with Crippen LogP contribution in [-0.4, -0.2) is 19.5 Å². The first-order chi connectivity index (χ1) is 26.8. The van der Waals surface area contributed by atoms with Gasteiger partial charge in [-0.15, -0.1) is 11.3 Å². The third-order valence-corrected chi connectivity index (χ3v) is 12.1. The van der Waals surface area contributed by atoms with Gasteiger partial charge in [-0.05, 0) is 76.0 Å². The molecule has 5 heteroatoms. The third kappa shape index (κ3) is 4.21. The predicted octanol–water partition coefficient (Wildman–Crippen LogP) is 13.1. The molecule has 0 bridgehead atoms. The number of nitrogens with zero attached hydrogens (tertiary/aromatic N) is 4. The Bertz CT molecular complexity index is 3320. The van der Waals surface area contributed by atoms with Gasteiger partial charge in [0, 0.05) is 58.9 Å². The molecular weight excluding hydrogens is 677 g/mol. The monoisotopic (exact) mass is 704 g/mol. The van der Waals surface area contributed by atoms with Crippen molar-refractivity contribution >= 4 is 64.1 Å². The first kappa shape index (κ1) is 29.6. The van der Waals surface area contributed by atoms with Crippen molar-refractivity contribution in [1.29, 1.82) is 0 Å². The molecular formula is C49H28N4S. The summed E-state index contributed by atoms with van der Waals surface area (Å²) >= 11 is 1.84. The van der Waals surface area contributed by atoms with Gasteiger partial charge >= 0.3 is 0 Å². The normalized spacial score (nSPS) is 12.1. The lowest BCUT2D eigenvalue weighted by Gasteiger charge is -2.14. The summed E-state index contributed by atoms with van der Waals surface area (Å²) in [4.78, 5) is 16.1. The Morgan fingerprint density at radius 3 is 1.89 bits per heavy atom. The highest BCUT2D eigenvalue weighted by atomic mass is 32.1. The SMILES string of the molecule is c1ccc(-c2nc(-c3ccc4c(c3)c3ccccc3n4-c3ccccc3)nc(-c3c4c(cc5sc6ccccc6c35)-c3cccc5cccc-4c35)n2)cc1. The Labute approximate surface area is 314 Å². The summed E-state index contributed by atoms with van der Waals surface area (Å²) in [6, 6.07) is 60.5. The lowest BCUT2D eigenvalue weighted by molar-refractivity contribution is 1.08. The van der Waals surface area contributed by atoms with E-state index in [9.17, 15) is 0 Å². The van der Waals surface area contributed by atoms with Crippen LogP contribution in [0.1, 0.15) is 0 Å². The van der Waals surface area contributed by atoms with Crippen molar-refractivity contribution in [2.75, 3.05) is 0 Å². The largest absolute Gasteiger partial charge is 0.309 e. The van der Waals surface area contributed by atoms with Crippen molar-refractivity contribution in [3.63, 3.8) is 0 Å². The van der Waals surface area contributed by atoms with E-state index < -0.39 is 0 Å². The zero-order chi connectivity index (χ0) is 35.3. The molecule has 0 atom stereocenters. The number of benzene rings is 8. The van der Waals surface area contributed by atoms with E-state index in [1.54, 1.807) is 0 Å². The molecule has 54 heavy (non-hydrogen) atoms. The minimum atomic E-state index is 0.649. The van der Waals surface area contributed by atoms with E-state index in [1.165, 1.54) is 58.6 Å². The summed E-state index contributed by atoms with van der Waals surface area (Å²) in [7, 11) is 0. The maximum atomic E-state index is 5.47. The van der Waals surface area contributed by atoms with Gasteiger partial charge in [0.05, 0.1) is 11.0 Å². The van der Waals surface area contributed by atoms with Crippen molar-refractivity contribution in [3.8, 4) is 62.1 Å². The highest BCUT2D eigenvalue weighted by Crippen LogP contribution is 2.55. The quantitative estimate of drug-likeness (QED) is 0.183. The van der Waals surface area contributed by atoms with Crippen LogP contribution < -0.4 is 0 Å². The number of rotatable bonds is 4. The van der Waals surface area contributed by atoms with Crippen LogP contribution in [0.2, 0.25) is 0 Å². The van der Waals surface area contributed by atoms with Gasteiger partial charge in [-0.25, -0.2) is 15.0 Å². The number of hydrogen-bond donors (Lipinski definition) is 0. The summed E-state index contributed by atoms with van der Waals surface area (Å²) in [5.41, 5.74) is 11.3. The first-order valence-corrected chi connectivity index (χ1v) is 19.0. The van der Waals surface area contributed by atoms with E-state index in [1.807, 2.05) is 29.5 Å². The minimum Gasteiger partial charge on any atom is -0.309 e. The molecule has 0 saturated carbocycles. The second-order valence-electron chi connectivity index (χ2n) is 13.9. The van der Waals surface area contributed by atoms with Gasteiger partial charge in [0.1, 0.15) is 0 Å². The van der Waals surface area contributed by atoms with Gasteiger partial charge in [0.15, 0.2) is 17.5 Å². The highest BCUT2D eigenvalue weighted by Gasteiger charge is 2.30. The second-order valence-corrected chi connectivity index (χ2v) is 15.0. The van der Waals surface area contributed by atoms with E-state index in [0.717, 1.165) is 38.8 Å². The van der Waals surface area contributed by atoms with Gasteiger partial charge in [0.25, 0.3) is 0 Å². The molecule has 3 aromatic heterocycles. The molecule has 0 radical (unpaired) electrons. The van der Waals surface area contributed by atoms with Crippen LogP contribution >= 0.6 is 11.3 Å². The first-order valence-electron chi connectivity index (χ1n) is 18.2. The third-order valence-electron chi connectivity index (χ3n) is 11.0. The zero-order valence-electron chi connectivity index (χ0n) is 28.9. The van der Waals surface area contributed by atoms with Crippen LogP contribution in [0.4, 0.5) is 0 Å². The fourth-order valence-corrected chi connectivity index (χ4v) is 9.83. The maximum Gasteiger partial charge on any atom is 0.165 e. The van der Waals surface area contributed by atoms with E-state index in [-0.39, 0.29) is 0 Å². The number of thiophene rings is 1. The Hall–Kier alpha value is -6.95. The molecule has 0 unspecified atom stereocenters. The summed E-state index contributed by atoms with van der Waals surface area (Å²) in [6.45, 7) is 0. The van der Waals surface area contributed by atoms with Crippen molar-refractivity contribution in [2.45, 2.75) is 0 Å². The van der Waals surface area contributed by atoms with Crippen LogP contribution in [0.3, 0.4) is 0 Å². The average molecular weight is 705 g/mol. The van der Waals surface area contributed by atoms with Crippen molar-refractivity contribution in [3.05, 3.63) is 170 Å². The smallest absolute Gasteiger partial charge is 0.165 e. The van der Waals surface area contributed by atoms with Gasteiger partial charge in [-0.3, -0.25) is 0 Å². The lowest BCUT2D eigenvalue weighted by Crippen LogP contribution is -2.01. The van der Waals surface area contributed by atoms with E-state index in [2.05, 4.69) is 156 Å². The molecule has 0 aliphatic heterocycles. The molecule has 3 heterocycles. The van der Waals surface area contributed by atoms with Crippen LogP contribution in [0, 0.1) is 0 Å². The molecule has 8 aromatic carbocycles. The Morgan fingerprint density at radius 2 is 1.06 bits per heavy atom. The van der Waals surface area contributed by atoms with Crippen LogP contribution in [0.5, 0.6) is 0 Å². The number of aromatic nitrogens is 4. The van der Waals surface area contributed by atoms with Gasteiger partial charge < -0.3 is 4.57 Å². The van der Waals surface area contributed by atoms with Gasteiger partial charge in [-0.2, -0.15) is 0 Å². The summed E-state index contributed by atoms with van der Waals surface area (Å²) in [5, 5.41) is 7.28. The van der Waals surface area contributed by atoms with Crippen molar-refractivity contribution in [2.24, 2.45) is 0 Å². The Balaban J connectivity index is 1.18.